The second-order valence-electron chi connectivity index (χ2n) is 13.0. The summed E-state index contributed by atoms with van der Waals surface area (Å²) in [5.74, 6) is 0.206. The Morgan fingerprint density at radius 1 is 0.550 bits per heavy atom. The van der Waals surface area contributed by atoms with Gasteiger partial charge in [0.1, 0.15) is 13.1 Å². The highest BCUT2D eigenvalue weighted by Gasteiger charge is 2.35. The smallest absolute Gasteiger partial charge is 0.247 e. The Kier molecular flexibility index (Phi) is 5.95. The minimum atomic E-state index is 0.0507. The third kappa shape index (κ3) is 5.16. The molecule has 6 rings (SSSR count). The van der Waals surface area contributed by atoms with Gasteiger partial charge in [0.2, 0.25) is 11.8 Å². The molecular formula is C35H35N3O2. The summed E-state index contributed by atoms with van der Waals surface area (Å²) < 4.78 is 0. The molecule has 0 radical (unpaired) electrons. The summed E-state index contributed by atoms with van der Waals surface area (Å²) >= 11 is 0. The van der Waals surface area contributed by atoms with Gasteiger partial charge >= 0.3 is 0 Å². The van der Waals surface area contributed by atoms with Gasteiger partial charge < -0.3 is 9.80 Å². The summed E-state index contributed by atoms with van der Waals surface area (Å²) in [6, 6.07) is 25.4. The summed E-state index contributed by atoms with van der Waals surface area (Å²) in [4.78, 5) is 31.9. The van der Waals surface area contributed by atoms with E-state index in [0.29, 0.717) is 13.1 Å². The lowest BCUT2D eigenvalue weighted by molar-refractivity contribution is -0.110. The van der Waals surface area contributed by atoms with E-state index < -0.39 is 0 Å². The number of hydrogen-bond donors (Lipinski definition) is 0. The molecule has 0 bridgehead atoms. The van der Waals surface area contributed by atoms with Gasteiger partial charge in [0.15, 0.2) is 0 Å². The third-order valence-electron chi connectivity index (χ3n) is 7.78. The van der Waals surface area contributed by atoms with Crippen molar-refractivity contribution >= 4 is 23.2 Å². The van der Waals surface area contributed by atoms with E-state index in [9.17, 15) is 9.59 Å². The fourth-order valence-corrected chi connectivity index (χ4v) is 4.98. The second-order valence-corrected chi connectivity index (χ2v) is 13.0. The predicted molar refractivity (Wildman–Crippen MR) is 163 cm³/mol. The molecule has 0 saturated carbocycles. The van der Waals surface area contributed by atoms with Crippen LogP contribution in [-0.4, -0.2) is 29.9 Å². The second kappa shape index (κ2) is 9.16. The lowest BCUT2D eigenvalue weighted by Crippen LogP contribution is -2.16. The number of anilines is 2. The van der Waals surface area contributed by atoms with Crippen molar-refractivity contribution < 1.29 is 9.59 Å². The minimum absolute atomic E-state index is 0.0507. The number of pyridine rings is 1. The average Bonchev–Trinajstić information content (AvgIpc) is 3.84. The first-order valence-electron chi connectivity index (χ1n) is 13.9. The first-order valence-corrected chi connectivity index (χ1v) is 13.9. The summed E-state index contributed by atoms with van der Waals surface area (Å²) in [5.41, 5.74) is 10.7. The highest BCUT2D eigenvalue weighted by Crippen LogP contribution is 2.37. The van der Waals surface area contributed by atoms with E-state index in [1.165, 1.54) is 11.1 Å². The predicted octanol–water partition coefficient (Wildman–Crippen LogP) is 7.37. The maximum Gasteiger partial charge on any atom is 0.247 e. The maximum atomic E-state index is 11.8. The van der Waals surface area contributed by atoms with Crippen LogP contribution in [0.15, 0.2) is 79.0 Å². The molecule has 2 amide bonds. The number of carbonyl (C=O) groups excluding carboxylic acids is 2. The molecule has 1 aromatic heterocycles. The van der Waals surface area contributed by atoms with Crippen LogP contribution in [-0.2, 0) is 20.4 Å². The molecule has 0 N–H and O–H groups in total. The van der Waals surface area contributed by atoms with E-state index in [0.717, 1.165) is 44.9 Å². The molecule has 202 valence electrons. The van der Waals surface area contributed by atoms with Gasteiger partial charge in [-0.3, -0.25) is 14.6 Å². The molecule has 40 heavy (non-hydrogen) atoms. The topological polar surface area (TPSA) is 53.0 Å². The standard InChI is InChI=1S/C35H35N3O2/c1-34(2,3)27-13-26(14-28(17-27)35(4,5)6)31-12-11-24(19-36-31)22-7-9-23(10-8-22)25-15-29(37-20-32(37)39)18-30(16-25)38-21-33(38)40/h7-19H,20-21H2,1-6H3. The number of nitrogens with zero attached hydrogens (tertiary/aromatic N) is 3. The number of carbonyl (C=O) groups is 2. The molecule has 5 heteroatoms. The van der Waals surface area contributed by atoms with Gasteiger partial charge in [-0.25, -0.2) is 0 Å². The molecular weight excluding hydrogens is 494 g/mol. The van der Waals surface area contributed by atoms with Crippen LogP contribution in [0.2, 0.25) is 0 Å². The van der Waals surface area contributed by atoms with Crippen molar-refractivity contribution in [2.24, 2.45) is 0 Å². The lowest BCUT2D eigenvalue weighted by atomic mass is 9.79. The van der Waals surface area contributed by atoms with Gasteiger partial charge in [0.05, 0.1) is 5.69 Å². The first-order chi connectivity index (χ1) is 18.9. The monoisotopic (exact) mass is 529 g/mol. The summed E-state index contributed by atoms with van der Waals surface area (Å²) in [6.45, 7) is 14.4. The van der Waals surface area contributed by atoms with Crippen LogP contribution < -0.4 is 9.80 Å². The summed E-state index contributed by atoms with van der Waals surface area (Å²) in [5, 5.41) is 0. The van der Waals surface area contributed by atoms with E-state index in [-0.39, 0.29) is 22.6 Å². The Labute approximate surface area is 236 Å². The zero-order chi connectivity index (χ0) is 28.4. The Morgan fingerprint density at radius 2 is 1.00 bits per heavy atom. The first kappa shape index (κ1) is 26.0. The molecule has 0 unspecified atom stereocenters. The highest BCUT2D eigenvalue weighted by atomic mass is 16.2. The van der Waals surface area contributed by atoms with Crippen molar-refractivity contribution in [3.05, 3.63) is 90.1 Å². The molecule has 0 atom stereocenters. The molecule has 2 saturated heterocycles. The minimum Gasteiger partial charge on any atom is -0.301 e. The Morgan fingerprint density at radius 3 is 1.40 bits per heavy atom. The zero-order valence-corrected chi connectivity index (χ0v) is 24.1. The van der Waals surface area contributed by atoms with Crippen molar-refractivity contribution in [1.29, 1.82) is 0 Å². The average molecular weight is 530 g/mol. The van der Waals surface area contributed by atoms with Gasteiger partial charge in [0.25, 0.3) is 0 Å². The van der Waals surface area contributed by atoms with E-state index in [1.54, 1.807) is 9.80 Å². The Hall–Kier alpha value is -4.25. The number of rotatable bonds is 5. The zero-order valence-electron chi connectivity index (χ0n) is 24.1. The molecule has 2 aliphatic rings. The van der Waals surface area contributed by atoms with E-state index >= 15 is 0 Å². The third-order valence-corrected chi connectivity index (χ3v) is 7.78. The van der Waals surface area contributed by atoms with Crippen molar-refractivity contribution in [2.45, 2.75) is 52.4 Å². The van der Waals surface area contributed by atoms with Crippen LogP contribution in [0.5, 0.6) is 0 Å². The number of amides is 2. The number of benzene rings is 3. The van der Waals surface area contributed by atoms with Gasteiger partial charge in [0, 0.05) is 28.7 Å². The lowest BCUT2D eigenvalue weighted by Gasteiger charge is -2.26. The quantitative estimate of drug-likeness (QED) is 0.254. The Bertz CT molecular complexity index is 1570. The summed E-state index contributed by atoms with van der Waals surface area (Å²) in [7, 11) is 0. The Balaban J connectivity index is 1.28. The number of hydrogen-bond acceptors (Lipinski definition) is 3. The largest absolute Gasteiger partial charge is 0.301 e. The molecule has 2 fully saturated rings. The van der Waals surface area contributed by atoms with Crippen molar-refractivity contribution in [3.8, 4) is 33.5 Å². The van der Waals surface area contributed by atoms with Crippen LogP contribution in [0.4, 0.5) is 11.4 Å². The summed E-state index contributed by atoms with van der Waals surface area (Å²) in [6.07, 6.45) is 1.95. The van der Waals surface area contributed by atoms with Crippen LogP contribution >= 0.6 is 0 Å². The molecule has 5 nitrogen and oxygen atoms in total. The number of aromatic nitrogens is 1. The fourth-order valence-electron chi connectivity index (χ4n) is 4.98. The molecule has 3 aromatic carbocycles. The molecule has 0 aliphatic carbocycles. The van der Waals surface area contributed by atoms with E-state index in [4.69, 9.17) is 4.98 Å². The van der Waals surface area contributed by atoms with Crippen molar-refractivity contribution in [3.63, 3.8) is 0 Å². The fraction of sp³-hybridized carbons (Fsp3) is 0.286. The van der Waals surface area contributed by atoms with Gasteiger partial charge in [-0.1, -0.05) is 77.9 Å². The van der Waals surface area contributed by atoms with Crippen molar-refractivity contribution in [2.75, 3.05) is 22.9 Å². The highest BCUT2D eigenvalue weighted by molar-refractivity contribution is 6.15. The molecule has 2 aliphatic heterocycles. The van der Waals surface area contributed by atoms with E-state index in [1.807, 2.05) is 24.4 Å². The maximum absolute atomic E-state index is 11.8. The van der Waals surface area contributed by atoms with Crippen LogP contribution in [0, 0.1) is 0 Å². The van der Waals surface area contributed by atoms with E-state index in [2.05, 4.69) is 96.1 Å². The van der Waals surface area contributed by atoms with Crippen LogP contribution in [0.3, 0.4) is 0 Å². The van der Waals surface area contributed by atoms with Gasteiger partial charge in [-0.15, -0.1) is 0 Å². The van der Waals surface area contributed by atoms with Crippen molar-refractivity contribution in [1.82, 2.24) is 4.98 Å². The van der Waals surface area contributed by atoms with Gasteiger partial charge in [-0.2, -0.15) is 0 Å². The molecule has 3 heterocycles. The molecule has 4 aromatic rings. The molecule has 0 spiro atoms. The van der Waals surface area contributed by atoms with Gasteiger partial charge in [-0.05, 0) is 75.0 Å². The SMILES string of the molecule is CC(C)(C)c1cc(-c2ccc(-c3ccc(-c4cc(N5CC5=O)cc(N5CC5=O)c4)cc3)cn2)cc(C(C)(C)C)c1. The van der Waals surface area contributed by atoms with Crippen LogP contribution in [0.1, 0.15) is 52.7 Å². The normalized spacial score (nSPS) is 15.1. The van der Waals surface area contributed by atoms with Crippen LogP contribution in [0.25, 0.3) is 33.5 Å².